The maximum Gasteiger partial charge on any atom is 0.269 e. The van der Waals surface area contributed by atoms with E-state index in [1.165, 1.54) is 12.1 Å². The first kappa shape index (κ1) is 20.3. The van der Waals surface area contributed by atoms with E-state index in [-0.39, 0.29) is 24.1 Å². The number of non-ortho nitro benzene ring substituents is 1. The Bertz CT molecular complexity index is 822. The van der Waals surface area contributed by atoms with Gasteiger partial charge in [-0.05, 0) is 17.2 Å². The Labute approximate surface area is 168 Å². The lowest BCUT2D eigenvalue weighted by atomic mass is 10.0. The average molecular weight is 404 g/mol. The Morgan fingerprint density at radius 1 is 1.18 bits per heavy atom. The van der Waals surface area contributed by atoms with E-state index in [1.807, 2.05) is 24.3 Å². The highest BCUT2D eigenvalue weighted by Crippen LogP contribution is 2.27. The molecular weight excluding hydrogens is 382 g/mol. The minimum atomic E-state index is -0.458. The van der Waals surface area contributed by atoms with Crippen LogP contribution in [0, 0.1) is 10.1 Å². The number of nitrogens with zero attached hydrogens (tertiary/aromatic N) is 2. The number of carbonyl (C=O) groups is 1. The van der Waals surface area contributed by atoms with Gasteiger partial charge in [-0.3, -0.25) is 19.8 Å². The van der Waals surface area contributed by atoms with Crippen LogP contribution in [-0.4, -0.2) is 48.6 Å². The number of ether oxygens (including phenoxy) is 1. The second-order valence-electron chi connectivity index (χ2n) is 6.59. The van der Waals surface area contributed by atoms with Gasteiger partial charge in [0.25, 0.3) is 5.69 Å². The highest BCUT2D eigenvalue weighted by molar-refractivity contribution is 6.31. The molecule has 1 saturated heterocycles. The first-order chi connectivity index (χ1) is 13.5. The number of morpholine rings is 1. The largest absolute Gasteiger partial charge is 0.379 e. The summed E-state index contributed by atoms with van der Waals surface area (Å²) in [6, 6.07) is 13.6. The van der Waals surface area contributed by atoms with Crippen LogP contribution < -0.4 is 5.32 Å². The molecule has 148 valence electrons. The molecule has 1 atom stereocenters. The van der Waals surface area contributed by atoms with E-state index in [4.69, 9.17) is 16.3 Å². The molecule has 0 spiro atoms. The minimum Gasteiger partial charge on any atom is -0.379 e. The number of rotatable bonds is 7. The van der Waals surface area contributed by atoms with Crippen molar-refractivity contribution in [2.24, 2.45) is 0 Å². The first-order valence-electron chi connectivity index (χ1n) is 9.11. The van der Waals surface area contributed by atoms with Gasteiger partial charge >= 0.3 is 0 Å². The standard InChI is InChI=1S/C20H22ClN3O4/c21-18-4-2-1-3-17(18)19(23-9-11-28-12-10-23)14-22-20(25)13-15-5-7-16(8-6-15)24(26)27/h1-8,19H,9-14H2,(H,22,25). The Kier molecular flexibility index (Phi) is 6.97. The van der Waals surface area contributed by atoms with E-state index in [0.717, 1.165) is 24.2 Å². The molecule has 0 radical (unpaired) electrons. The number of halogens is 1. The van der Waals surface area contributed by atoms with Crippen LogP contribution in [0.3, 0.4) is 0 Å². The predicted octanol–water partition coefficient (Wildman–Crippen LogP) is 2.98. The van der Waals surface area contributed by atoms with E-state index in [1.54, 1.807) is 12.1 Å². The number of carbonyl (C=O) groups excluding carboxylic acids is 1. The van der Waals surface area contributed by atoms with Crippen molar-refractivity contribution in [3.63, 3.8) is 0 Å². The van der Waals surface area contributed by atoms with Crippen LogP contribution in [0.5, 0.6) is 0 Å². The third-order valence-electron chi connectivity index (χ3n) is 4.76. The summed E-state index contributed by atoms with van der Waals surface area (Å²) in [5.41, 5.74) is 1.71. The second-order valence-corrected chi connectivity index (χ2v) is 7.00. The topological polar surface area (TPSA) is 84.7 Å². The molecule has 0 saturated carbocycles. The molecule has 2 aromatic rings. The molecule has 8 heteroatoms. The van der Waals surface area contributed by atoms with E-state index in [9.17, 15) is 14.9 Å². The molecule has 0 aromatic heterocycles. The van der Waals surface area contributed by atoms with E-state index >= 15 is 0 Å². The lowest BCUT2D eigenvalue weighted by molar-refractivity contribution is -0.384. The number of nitrogens with one attached hydrogen (secondary N) is 1. The molecule has 0 bridgehead atoms. The smallest absolute Gasteiger partial charge is 0.269 e. The normalized spacial score (nSPS) is 15.8. The number of nitro benzene ring substituents is 1. The molecule has 28 heavy (non-hydrogen) atoms. The second kappa shape index (κ2) is 9.64. The van der Waals surface area contributed by atoms with Crippen molar-refractivity contribution in [1.82, 2.24) is 10.2 Å². The van der Waals surface area contributed by atoms with Gasteiger partial charge in [-0.1, -0.05) is 41.9 Å². The number of nitro groups is 1. The molecule has 1 aliphatic heterocycles. The third kappa shape index (κ3) is 5.28. The summed E-state index contributed by atoms with van der Waals surface area (Å²) in [7, 11) is 0. The van der Waals surface area contributed by atoms with Crippen molar-refractivity contribution in [1.29, 1.82) is 0 Å². The zero-order valence-electron chi connectivity index (χ0n) is 15.3. The summed E-state index contributed by atoms with van der Waals surface area (Å²) < 4.78 is 5.44. The lowest BCUT2D eigenvalue weighted by Gasteiger charge is -2.35. The molecule has 0 aliphatic carbocycles. The van der Waals surface area contributed by atoms with Gasteiger partial charge in [-0.25, -0.2) is 0 Å². The van der Waals surface area contributed by atoms with Gasteiger partial charge in [-0.2, -0.15) is 0 Å². The van der Waals surface area contributed by atoms with E-state index in [0.29, 0.717) is 24.8 Å². The summed E-state index contributed by atoms with van der Waals surface area (Å²) >= 11 is 6.40. The van der Waals surface area contributed by atoms with Crippen LogP contribution in [0.2, 0.25) is 5.02 Å². The van der Waals surface area contributed by atoms with Crippen LogP contribution >= 0.6 is 11.6 Å². The van der Waals surface area contributed by atoms with Crippen LogP contribution in [0.25, 0.3) is 0 Å². The number of amides is 1. The number of benzene rings is 2. The van der Waals surface area contributed by atoms with E-state index in [2.05, 4.69) is 10.2 Å². The SMILES string of the molecule is O=C(Cc1ccc([N+](=O)[O-])cc1)NCC(c1ccccc1Cl)N1CCOCC1. The Hall–Kier alpha value is -2.48. The Balaban J connectivity index is 1.64. The maximum atomic E-state index is 12.4. The monoisotopic (exact) mass is 403 g/mol. The van der Waals surface area contributed by atoms with Gasteiger partial charge in [0.05, 0.1) is 30.6 Å². The molecule has 7 nitrogen and oxygen atoms in total. The molecule has 2 aromatic carbocycles. The molecular formula is C20H22ClN3O4. The van der Waals surface area contributed by atoms with Crippen LogP contribution in [0.1, 0.15) is 17.2 Å². The molecule has 1 amide bonds. The molecule has 1 aliphatic rings. The predicted molar refractivity (Wildman–Crippen MR) is 106 cm³/mol. The van der Waals surface area contributed by atoms with Gasteiger partial charge in [-0.15, -0.1) is 0 Å². The zero-order chi connectivity index (χ0) is 19.9. The fourth-order valence-electron chi connectivity index (χ4n) is 3.26. The van der Waals surface area contributed by atoms with Crippen LogP contribution in [0.15, 0.2) is 48.5 Å². The quantitative estimate of drug-likeness (QED) is 0.567. The van der Waals surface area contributed by atoms with Gasteiger partial charge in [0.15, 0.2) is 0 Å². The van der Waals surface area contributed by atoms with Crippen molar-refractivity contribution in [3.05, 3.63) is 74.8 Å². The molecule has 1 fully saturated rings. The molecule has 3 rings (SSSR count). The zero-order valence-corrected chi connectivity index (χ0v) is 16.1. The van der Waals surface area contributed by atoms with Gasteiger partial charge < -0.3 is 10.1 Å². The Morgan fingerprint density at radius 2 is 1.86 bits per heavy atom. The highest BCUT2D eigenvalue weighted by Gasteiger charge is 2.24. The highest BCUT2D eigenvalue weighted by atomic mass is 35.5. The van der Waals surface area contributed by atoms with Crippen molar-refractivity contribution in [2.75, 3.05) is 32.8 Å². The van der Waals surface area contributed by atoms with Crippen LogP contribution in [-0.2, 0) is 16.0 Å². The fourth-order valence-corrected chi connectivity index (χ4v) is 3.53. The first-order valence-corrected chi connectivity index (χ1v) is 9.48. The number of hydrogen-bond acceptors (Lipinski definition) is 5. The fraction of sp³-hybridized carbons (Fsp3) is 0.350. The van der Waals surface area contributed by atoms with Crippen LogP contribution in [0.4, 0.5) is 5.69 Å². The molecule has 1 heterocycles. The maximum absolute atomic E-state index is 12.4. The lowest BCUT2D eigenvalue weighted by Crippen LogP contribution is -2.44. The number of hydrogen-bond donors (Lipinski definition) is 1. The van der Waals surface area contributed by atoms with Gasteiger partial charge in [0.1, 0.15) is 0 Å². The van der Waals surface area contributed by atoms with Gasteiger partial charge in [0, 0.05) is 36.8 Å². The minimum absolute atomic E-state index is 0.00950. The summed E-state index contributed by atoms with van der Waals surface area (Å²) in [6.07, 6.45) is 0.163. The van der Waals surface area contributed by atoms with Crippen molar-refractivity contribution >= 4 is 23.2 Å². The molecule has 1 unspecified atom stereocenters. The third-order valence-corrected chi connectivity index (χ3v) is 5.10. The average Bonchev–Trinajstić information content (AvgIpc) is 2.70. The van der Waals surface area contributed by atoms with Crippen molar-refractivity contribution in [2.45, 2.75) is 12.5 Å². The van der Waals surface area contributed by atoms with Crippen molar-refractivity contribution < 1.29 is 14.5 Å². The van der Waals surface area contributed by atoms with E-state index < -0.39 is 4.92 Å². The Morgan fingerprint density at radius 3 is 2.50 bits per heavy atom. The van der Waals surface area contributed by atoms with Gasteiger partial charge in [0.2, 0.25) is 5.91 Å². The summed E-state index contributed by atoms with van der Waals surface area (Å²) in [5.74, 6) is -0.140. The van der Waals surface area contributed by atoms with Crippen molar-refractivity contribution in [3.8, 4) is 0 Å². The summed E-state index contributed by atoms with van der Waals surface area (Å²) in [4.78, 5) is 24.9. The summed E-state index contributed by atoms with van der Waals surface area (Å²) in [5, 5.41) is 14.4. The summed E-state index contributed by atoms with van der Waals surface area (Å²) in [6.45, 7) is 3.27. The molecule has 1 N–H and O–H groups in total.